The molecular weight excluding hydrogens is 340 g/mol. The van der Waals surface area contributed by atoms with Crippen molar-refractivity contribution in [2.24, 2.45) is 5.92 Å². The van der Waals surface area contributed by atoms with Gasteiger partial charge in [-0.2, -0.15) is 0 Å². The first-order chi connectivity index (χ1) is 13.0. The molecule has 0 radical (unpaired) electrons. The third kappa shape index (κ3) is 4.52. The van der Waals surface area contributed by atoms with Crippen molar-refractivity contribution in [1.29, 1.82) is 0 Å². The van der Waals surface area contributed by atoms with Crippen molar-refractivity contribution < 1.29 is 14.3 Å². The quantitative estimate of drug-likeness (QED) is 0.764. The Bertz CT molecular complexity index is 703. The predicted molar refractivity (Wildman–Crippen MR) is 106 cm³/mol. The highest BCUT2D eigenvalue weighted by Gasteiger charge is 2.36. The summed E-state index contributed by atoms with van der Waals surface area (Å²) in [7, 11) is 1.63. The zero-order valence-corrected chi connectivity index (χ0v) is 16.6. The molecule has 1 aromatic carbocycles. The smallest absolute Gasteiger partial charge is 0.247 e. The van der Waals surface area contributed by atoms with Gasteiger partial charge in [-0.15, -0.1) is 0 Å². The van der Waals surface area contributed by atoms with E-state index in [1.165, 1.54) is 0 Å². The molecule has 1 aromatic rings. The molecule has 0 unspecified atom stereocenters. The van der Waals surface area contributed by atoms with Crippen LogP contribution in [-0.2, 0) is 9.59 Å². The normalized spacial score (nSPS) is 21.4. The number of benzene rings is 1. The van der Waals surface area contributed by atoms with Crippen LogP contribution in [0.1, 0.15) is 45.1 Å². The van der Waals surface area contributed by atoms with E-state index in [0.29, 0.717) is 12.5 Å². The molecule has 0 aliphatic carbocycles. The molecule has 0 saturated carbocycles. The second kappa shape index (κ2) is 8.59. The van der Waals surface area contributed by atoms with E-state index in [1.54, 1.807) is 18.1 Å². The lowest BCUT2D eigenvalue weighted by atomic mass is 9.98. The van der Waals surface area contributed by atoms with Gasteiger partial charge >= 0.3 is 0 Å². The van der Waals surface area contributed by atoms with E-state index in [0.717, 1.165) is 55.7 Å². The summed E-state index contributed by atoms with van der Waals surface area (Å²) in [6.45, 7) is 6.46. The summed E-state index contributed by atoms with van der Waals surface area (Å²) >= 11 is 0. The van der Waals surface area contributed by atoms with Crippen molar-refractivity contribution in [1.82, 2.24) is 9.80 Å². The Labute approximate surface area is 162 Å². The fourth-order valence-corrected chi connectivity index (χ4v) is 3.93. The van der Waals surface area contributed by atoms with Crippen LogP contribution in [0.3, 0.4) is 0 Å². The maximum Gasteiger partial charge on any atom is 0.247 e. The molecular formula is C22H30N2O3. The molecule has 0 spiro atoms. The highest BCUT2D eigenvalue weighted by Crippen LogP contribution is 2.25. The fourth-order valence-electron chi connectivity index (χ4n) is 3.93. The largest absolute Gasteiger partial charge is 0.497 e. The lowest BCUT2D eigenvalue weighted by molar-refractivity contribution is -0.142. The number of likely N-dealkylation sites (tertiary alicyclic amines) is 2. The minimum absolute atomic E-state index is 0.0652. The van der Waals surface area contributed by atoms with Crippen molar-refractivity contribution in [2.45, 2.75) is 45.6 Å². The molecule has 1 atom stereocenters. The molecule has 2 heterocycles. The Balaban J connectivity index is 1.68. The zero-order valence-electron chi connectivity index (χ0n) is 16.6. The van der Waals surface area contributed by atoms with Crippen LogP contribution >= 0.6 is 0 Å². The first-order valence-electron chi connectivity index (χ1n) is 9.91. The predicted octanol–water partition coefficient (Wildman–Crippen LogP) is 3.35. The van der Waals surface area contributed by atoms with Gasteiger partial charge in [0, 0.05) is 25.7 Å². The topological polar surface area (TPSA) is 49.9 Å². The minimum Gasteiger partial charge on any atom is -0.497 e. The molecule has 5 nitrogen and oxygen atoms in total. The van der Waals surface area contributed by atoms with E-state index in [4.69, 9.17) is 4.74 Å². The van der Waals surface area contributed by atoms with Crippen molar-refractivity contribution >= 4 is 17.4 Å². The molecule has 27 heavy (non-hydrogen) atoms. The molecule has 0 bridgehead atoms. The Morgan fingerprint density at radius 3 is 2.37 bits per heavy atom. The van der Waals surface area contributed by atoms with Gasteiger partial charge < -0.3 is 14.5 Å². The van der Waals surface area contributed by atoms with Gasteiger partial charge in [0.25, 0.3) is 0 Å². The molecule has 0 aromatic heterocycles. The van der Waals surface area contributed by atoms with Crippen molar-refractivity contribution in [2.75, 3.05) is 26.7 Å². The minimum atomic E-state index is -0.300. The van der Waals surface area contributed by atoms with E-state index in [-0.39, 0.29) is 17.9 Å². The van der Waals surface area contributed by atoms with Gasteiger partial charge in [0.1, 0.15) is 11.8 Å². The first kappa shape index (κ1) is 19.5. The summed E-state index contributed by atoms with van der Waals surface area (Å²) in [5.41, 5.74) is 1.88. The fraction of sp³-hybridized carbons (Fsp3) is 0.545. The third-order valence-corrected chi connectivity index (χ3v) is 5.80. The van der Waals surface area contributed by atoms with E-state index in [2.05, 4.69) is 6.92 Å². The van der Waals surface area contributed by atoms with Crippen LogP contribution in [0.4, 0.5) is 0 Å². The summed E-state index contributed by atoms with van der Waals surface area (Å²) in [6, 6.07) is 7.36. The molecule has 2 saturated heterocycles. The number of ether oxygens (including phenoxy) is 1. The summed E-state index contributed by atoms with van der Waals surface area (Å²) < 4.78 is 5.18. The molecule has 2 aliphatic heterocycles. The molecule has 3 rings (SSSR count). The van der Waals surface area contributed by atoms with Gasteiger partial charge in [0.2, 0.25) is 11.8 Å². The Morgan fingerprint density at radius 1 is 1.07 bits per heavy atom. The van der Waals surface area contributed by atoms with Gasteiger partial charge in [0.15, 0.2) is 0 Å². The highest BCUT2D eigenvalue weighted by molar-refractivity contribution is 5.98. The monoisotopic (exact) mass is 370 g/mol. The van der Waals surface area contributed by atoms with Crippen molar-refractivity contribution in [3.05, 3.63) is 35.9 Å². The number of hydrogen-bond acceptors (Lipinski definition) is 3. The second-order valence-corrected chi connectivity index (χ2v) is 7.75. The zero-order chi connectivity index (χ0) is 19.4. The van der Waals surface area contributed by atoms with Crippen molar-refractivity contribution in [3.8, 4) is 5.75 Å². The van der Waals surface area contributed by atoms with Gasteiger partial charge in [-0.25, -0.2) is 0 Å². The molecule has 0 N–H and O–H groups in total. The first-order valence-corrected chi connectivity index (χ1v) is 9.91. The molecule has 2 fully saturated rings. The second-order valence-electron chi connectivity index (χ2n) is 7.75. The van der Waals surface area contributed by atoms with E-state index >= 15 is 0 Å². The summed E-state index contributed by atoms with van der Waals surface area (Å²) in [6.07, 6.45) is 5.44. The lowest BCUT2D eigenvalue weighted by Crippen LogP contribution is -2.49. The maximum atomic E-state index is 12.9. The number of amides is 2. The summed E-state index contributed by atoms with van der Waals surface area (Å²) in [4.78, 5) is 29.5. The number of piperidine rings is 1. The van der Waals surface area contributed by atoms with Gasteiger partial charge in [-0.05, 0) is 61.8 Å². The Kier molecular flexibility index (Phi) is 6.19. The van der Waals surface area contributed by atoms with E-state index < -0.39 is 0 Å². The standard InChI is InChI=1S/C22H30N2O3/c1-16-10-13-23(14-11-16)22(26)20-5-4-12-24(20)21(25)15-17(2)18-6-8-19(27-3)9-7-18/h6-9,15-16,20H,4-5,10-14H2,1-3H3/b17-15+/t20-/m0/s1. The van der Waals surface area contributed by atoms with Crippen LogP contribution in [0.15, 0.2) is 30.3 Å². The van der Waals surface area contributed by atoms with Gasteiger partial charge in [-0.3, -0.25) is 9.59 Å². The van der Waals surface area contributed by atoms with E-state index in [1.807, 2.05) is 36.1 Å². The molecule has 146 valence electrons. The number of carbonyl (C=O) groups excluding carboxylic acids is 2. The number of methoxy groups -OCH3 is 1. The van der Waals surface area contributed by atoms with Crippen LogP contribution < -0.4 is 4.74 Å². The lowest BCUT2D eigenvalue weighted by Gasteiger charge is -2.34. The third-order valence-electron chi connectivity index (χ3n) is 5.80. The van der Waals surface area contributed by atoms with E-state index in [9.17, 15) is 9.59 Å². The van der Waals surface area contributed by atoms with Crippen molar-refractivity contribution in [3.63, 3.8) is 0 Å². The van der Waals surface area contributed by atoms with Gasteiger partial charge in [0.05, 0.1) is 7.11 Å². The highest BCUT2D eigenvalue weighted by atomic mass is 16.5. The summed E-state index contributed by atoms with van der Waals surface area (Å²) in [5, 5.41) is 0. The summed E-state index contributed by atoms with van der Waals surface area (Å²) in [5.74, 6) is 1.54. The molecule has 2 aliphatic rings. The number of carbonyl (C=O) groups is 2. The Hall–Kier alpha value is -2.30. The van der Waals surface area contributed by atoms with Crippen LogP contribution in [0.2, 0.25) is 0 Å². The maximum absolute atomic E-state index is 12.9. The Morgan fingerprint density at radius 2 is 1.74 bits per heavy atom. The van der Waals surface area contributed by atoms with Crippen LogP contribution in [0.5, 0.6) is 5.75 Å². The van der Waals surface area contributed by atoms with Crippen LogP contribution in [0, 0.1) is 5.92 Å². The average Bonchev–Trinajstić information content (AvgIpc) is 3.18. The SMILES string of the molecule is COc1ccc(/C(C)=C/C(=O)N2CCC[C@H]2C(=O)N2CCC(C)CC2)cc1. The molecule has 2 amide bonds. The van der Waals surface area contributed by atoms with Crippen LogP contribution in [0.25, 0.3) is 5.57 Å². The number of allylic oxidation sites excluding steroid dienone is 1. The van der Waals surface area contributed by atoms with Crippen LogP contribution in [-0.4, -0.2) is 54.4 Å². The number of nitrogens with zero attached hydrogens (tertiary/aromatic N) is 2. The van der Waals surface area contributed by atoms with Gasteiger partial charge in [-0.1, -0.05) is 19.1 Å². The molecule has 5 heteroatoms. The number of hydrogen-bond donors (Lipinski definition) is 0. The average molecular weight is 370 g/mol. The number of rotatable bonds is 4.